The molecule has 2 rings (SSSR count). The van der Waals surface area contributed by atoms with E-state index < -0.39 is 0 Å². The van der Waals surface area contributed by atoms with Crippen molar-refractivity contribution in [3.63, 3.8) is 0 Å². The topological polar surface area (TPSA) is 72.4 Å². The molecule has 25 heavy (non-hydrogen) atoms. The minimum Gasteiger partial charge on any atom is -0.466 e. The van der Waals surface area contributed by atoms with Gasteiger partial charge in [0.05, 0.1) is 18.7 Å². The molecule has 0 aliphatic carbocycles. The normalized spacial score (nSPS) is 11.8. The second-order valence-corrected chi connectivity index (χ2v) is 6.66. The fourth-order valence-corrected chi connectivity index (χ4v) is 3.54. The predicted molar refractivity (Wildman–Crippen MR) is 97.5 cm³/mol. The molecule has 2 heterocycles. The van der Waals surface area contributed by atoms with E-state index in [4.69, 9.17) is 4.74 Å². The molecule has 0 radical (unpaired) electrons. The number of carbonyl (C=O) groups excluding carboxylic acids is 2. The number of aromatic nitrogens is 2. The van der Waals surface area contributed by atoms with Gasteiger partial charge in [-0.3, -0.25) is 14.6 Å². The second-order valence-electron chi connectivity index (χ2n) is 5.66. The maximum atomic E-state index is 12.9. The smallest absolute Gasteiger partial charge is 0.307 e. The lowest BCUT2D eigenvalue weighted by atomic mass is 10.1. The molecular weight excluding hydrogens is 338 g/mol. The average molecular weight is 361 g/mol. The van der Waals surface area contributed by atoms with Gasteiger partial charge in [-0.15, -0.1) is 11.3 Å². The van der Waals surface area contributed by atoms with Crippen molar-refractivity contribution in [2.45, 2.75) is 39.7 Å². The predicted octanol–water partition coefficient (Wildman–Crippen LogP) is 3.32. The van der Waals surface area contributed by atoms with Gasteiger partial charge in [0.25, 0.3) is 5.91 Å². The van der Waals surface area contributed by atoms with Crippen LogP contribution in [0.5, 0.6) is 0 Å². The standard InChI is InChI=1S/C18H23N3O3S/c1-5-14(10-15(22)24-6-2)21(4)18(23)16-12(3)20-17(25-16)13-8-7-9-19-11-13/h7-9,11,14H,5-6,10H2,1-4H3. The van der Waals surface area contributed by atoms with Crippen LogP contribution in [0, 0.1) is 6.92 Å². The number of ether oxygens (including phenoxy) is 1. The summed E-state index contributed by atoms with van der Waals surface area (Å²) in [4.78, 5) is 35.4. The molecule has 2 aromatic rings. The first-order valence-electron chi connectivity index (χ1n) is 8.28. The van der Waals surface area contributed by atoms with Crippen molar-refractivity contribution in [2.24, 2.45) is 0 Å². The highest BCUT2D eigenvalue weighted by Crippen LogP contribution is 2.28. The monoisotopic (exact) mass is 361 g/mol. The summed E-state index contributed by atoms with van der Waals surface area (Å²) in [5.41, 5.74) is 1.57. The van der Waals surface area contributed by atoms with Gasteiger partial charge < -0.3 is 9.64 Å². The first kappa shape index (κ1) is 19.1. The molecule has 0 aliphatic rings. The molecular formula is C18H23N3O3S. The minimum atomic E-state index is -0.286. The highest BCUT2D eigenvalue weighted by atomic mass is 32.1. The van der Waals surface area contributed by atoms with Crippen molar-refractivity contribution in [1.82, 2.24) is 14.9 Å². The number of aryl methyl sites for hydroxylation is 1. The van der Waals surface area contributed by atoms with Gasteiger partial charge in [0.2, 0.25) is 0 Å². The third-order valence-electron chi connectivity index (χ3n) is 3.95. The fraction of sp³-hybridized carbons (Fsp3) is 0.444. The molecule has 6 nitrogen and oxygen atoms in total. The quantitative estimate of drug-likeness (QED) is 0.708. The van der Waals surface area contributed by atoms with Crippen LogP contribution in [-0.2, 0) is 9.53 Å². The van der Waals surface area contributed by atoms with E-state index in [1.54, 1.807) is 31.3 Å². The first-order chi connectivity index (χ1) is 12.0. The number of nitrogens with zero attached hydrogens (tertiary/aromatic N) is 3. The van der Waals surface area contributed by atoms with Gasteiger partial charge >= 0.3 is 5.97 Å². The first-order valence-corrected chi connectivity index (χ1v) is 9.10. The Bertz CT molecular complexity index is 730. The number of hydrogen-bond donors (Lipinski definition) is 0. The number of carbonyl (C=O) groups is 2. The zero-order valence-electron chi connectivity index (χ0n) is 15.0. The molecule has 1 amide bonds. The van der Waals surface area contributed by atoms with Crippen molar-refractivity contribution in [2.75, 3.05) is 13.7 Å². The zero-order chi connectivity index (χ0) is 18.4. The summed E-state index contributed by atoms with van der Waals surface area (Å²) in [6, 6.07) is 3.56. The van der Waals surface area contributed by atoms with Crippen molar-refractivity contribution in [3.05, 3.63) is 35.1 Å². The molecule has 1 unspecified atom stereocenters. The van der Waals surface area contributed by atoms with Crippen molar-refractivity contribution in [3.8, 4) is 10.6 Å². The van der Waals surface area contributed by atoms with E-state index in [9.17, 15) is 9.59 Å². The molecule has 0 N–H and O–H groups in total. The van der Waals surface area contributed by atoms with Gasteiger partial charge in [0.15, 0.2) is 0 Å². The van der Waals surface area contributed by atoms with Gasteiger partial charge in [0.1, 0.15) is 9.88 Å². The Hall–Kier alpha value is -2.28. The van der Waals surface area contributed by atoms with E-state index in [1.807, 2.05) is 26.0 Å². The van der Waals surface area contributed by atoms with E-state index in [-0.39, 0.29) is 24.3 Å². The van der Waals surface area contributed by atoms with Gasteiger partial charge in [0, 0.05) is 31.0 Å². The largest absolute Gasteiger partial charge is 0.466 e. The molecule has 0 bridgehead atoms. The number of rotatable bonds is 7. The van der Waals surface area contributed by atoms with E-state index in [2.05, 4.69) is 9.97 Å². The summed E-state index contributed by atoms with van der Waals surface area (Å²) < 4.78 is 5.00. The van der Waals surface area contributed by atoms with Crippen LogP contribution in [0.3, 0.4) is 0 Å². The minimum absolute atomic E-state index is 0.124. The SMILES string of the molecule is CCOC(=O)CC(CC)N(C)C(=O)c1sc(-c2cccnc2)nc1C. The lowest BCUT2D eigenvalue weighted by Gasteiger charge is -2.26. The summed E-state index contributed by atoms with van der Waals surface area (Å²) in [6.07, 6.45) is 4.30. The van der Waals surface area contributed by atoms with E-state index in [0.717, 1.165) is 10.6 Å². The molecule has 0 saturated carbocycles. The number of esters is 1. The van der Waals surface area contributed by atoms with Crippen LogP contribution in [0.2, 0.25) is 0 Å². The van der Waals surface area contributed by atoms with Crippen LogP contribution in [0.4, 0.5) is 0 Å². The fourth-order valence-electron chi connectivity index (χ4n) is 2.50. The van der Waals surface area contributed by atoms with E-state index >= 15 is 0 Å². The maximum Gasteiger partial charge on any atom is 0.307 e. The number of amides is 1. The Kier molecular flexibility index (Phi) is 6.64. The summed E-state index contributed by atoms with van der Waals surface area (Å²) in [5.74, 6) is -0.410. The van der Waals surface area contributed by atoms with Gasteiger partial charge in [-0.25, -0.2) is 4.98 Å². The molecule has 0 saturated heterocycles. The van der Waals surface area contributed by atoms with Crippen LogP contribution in [0.25, 0.3) is 10.6 Å². The molecule has 7 heteroatoms. The van der Waals surface area contributed by atoms with Gasteiger partial charge in [-0.05, 0) is 32.4 Å². The molecule has 0 fully saturated rings. The van der Waals surface area contributed by atoms with Crippen LogP contribution in [0.1, 0.15) is 42.1 Å². The van der Waals surface area contributed by atoms with Gasteiger partial charge in [-0.2, -0.15) is 0 Å². The average Bonchev–Trinajstić information content (AvgIpc) is 3.01. The molecule has 0 aliphatic heterocycles. The Morgan fingerprint density at radius 3 is 2.72 bits per heavy atom. The summed E-state index contributed by atoms with van der Waals surface area (Å²) >= 11 is 1.35. The van der Waals surface area contributed by atoms with E-state index in [1.165, 1.54) is 11.3 Å². The second kappa shape index (κ2) is 8.71. The third-order valence-corrected chi connectivity index (χ3v) is 5.14. The maximum absolute atomic E-state index is 12.9. The summed E-state index contributed by atoms with van der Waals surface area (Å²) in [6.45, 7) is 5.89. The Balaban J connectivity index is 2.18. The zero-order valence-corrected chi connectivity index (χ0v) is 15.8. The third kappa shape index (κ3) is 4.63. The lowest BCUT2D eigenvalue weighted by Crippen LogP contribution is -2.38. The highest BCUT2D eigenvalue weighted by Gasteiger charge is 2.26. The Labute approximate surface area is 151 Å². The number of thiazole rings is 1. The molecule has 134 valence electrons. The van der Waals surface area contributed by atoms with Crippen molar-refractivity contribution in [1.29, 1.82) is 0 Å². The lowest BCUT2D eigenvalue weighted by molar-refractivity contribution is -0.144. The molecule has 0 aromatic carbocycles. The van der Waals surface area contributed by atoms with Crippen molar-refractivity contribution < 1.29 is 14.3 Å². The number of hydrogen-bond acceptors (Lipinski definition) is 6. The van der Waals surface area contributed by atoms with Crippen LogP contribution in [-0.4, -0.2) is 46.4 Å². The van der Waals surface area contributed by atoms with Crippen LogP contribution in [0.15, 0.2) is 24.5 Å². The summed E-state index contributed by atoms with van der Waals surface area (Å²) in [7, 11) is 1.72. The van der Waals surface area contributed by atoms with Crippen LogP contribution < -0.4 is 0 Å². The molecule has 1 atom stereocenters. The van der Waals surface area contributed by atoms with Gasteiger partial charge in [-0.1, -0.05) is 6.92 Å². The highest BCUT2D eigenvalue weighted by molar-refractivity contribution is 7.17. The Morgan fingerprint density at radius 2 is 2.12 bits per heavy atom. The Morgan fingerprint density at radius 1 is 1.36 bits per heavy atom. The van der Waals surface area contributed by atoms with Crippen molar-refractivity contribution >= 4 is 23.2 Å². The molecule has 0 spiro atoms. The number of pyridine rings is 1. The van der Waals surface area contributed by atoms with E-state index in [0.29, 0.717) is 23.6 Å². The van der Waals surface area contributed by atoms with Crippen LogP contribution >= 0.6 is 11.3 Å². The summed E-state index contributed by atoms with van der Waals surface area (Å²) in [5, 5.41) is 0.765. The molecule has 2 aromatic heterocycles.